The van der Waals surface area contributed by atoms with Gasteiger partial charge in [-0.3, -0.25) is 28.3 Å². The SMILES string of the molecule is CCN(CC)C(COc1nc2c(c(=O)n(C)c(=O)n2C)n1C)N(CC)CC. The molecule has 0 spiro atoms. The van der Waals surface area contributed by atoms with E-state index in [4.69, 9.17) is 4.74 Å². The molecule has 0 aliphatic rings. The largest absolute Gasteiger partial charge is 0.462 e. The van der Waals surface area contributed by atoms with Crippen LogP contribution in [-0.4, -0.2) is 67.4 Å². The van der Waals surface area contributed by atoms with Crippen LogP contribution in [0.25, 0.3) is 11.2 Å². The molecule has 27 heavy (non-hydrogen) atoms. The predicted molar refractivity (Wildman–Crippen MR) is 106 cm³/mol. The number of hydrogen-bond donors (Lipinski definition) is 0. The van der Waals surface area contributed by atoms with Gasteiger partial charge in [0.05, 0.1) is 6.17 Å². The molecular weight excluding hydrogens is 348 g/mol. The Morgan fingerprint density at radius 3 is 1.89 bits per heavy atom. The Kier molecular flexibility index (Phi) is 6.83. The molecule has 0 aliphatic carbocycles. The van der Waals surface area contributed by atoms with Gasteiger partial charge in [0, 0.05) is 21.1 Å². The summed E-state index contributed by atoms with van der Waals surface area (Å²) >= 11 is 0. The maximum atomic E-state index is 12.5. The fourth-order valence-corrected chi connectivity index (χ4v) is 3.51. The van der Waals surface area contributed by atoms with Crippen molar-refractivity contribution in [1.29, 1.82) is 0 Å². The van der Waals surface area contributed by atoms with Crippen molar-refractivity contribution in [2.24, 2.45) is 21.1 Å². The van der Waals surface area contributed by atoms with Crippen molar-refractivity contribution in [2.45, 2.75) is 33.9 Å². The third-order valence-electron chi connectivity index (χ3n) is 5.26. The van der Waals surface area contributed by atoms with Crippen LogP contribution in [0.3, 0.4) is 0 Å². The first-order valence-electron chi connectivity index (χ1n) is 9.55. The van der Waals surface area contributed by atoms with Gasteiger partial charge in [0.2, 0.25) is 0 Å². The van der Waals surface area contributed by atoms with E-state index >= 15 is 0 Å². The van der Waals surface area contributed by atoms with Crippen LogP contribution in [0.4, 0.5) is 0 Å². The summed E-state index contributed by atoms with van der Waals surface area (Å²) in [6.45, 7) is 12.6. The second kappa shape index (κ2) is 8.71. The Morgan fingerprint density at radius 1 is 0.889 bits per heavy atom. The monoisotopic (exact) mass is 380 g/mol. The zero-order valence-electron chi connectivity index (χ0n) is 17.5. The van der Waals surface area contributed by atoms with E-state index < -0.39 is 5.69 Å². The number of rotatable bonds is 9. The maximum absolute atomic E-state index is 12.5. The molecule has 2 aromatic rings. The van der Waals surface area contributed by atoms with Crippen LogP contribution in [-0.2, 0) is 21.1 Å². The van der Waals surface area contributed by atoms with Crippen LogP contribution in [0.5, 0.6) is 6.01 Å². The van der Waals surface area contributed by atoms with Crippen LogP contribution in [0.1, 0.15) is 27.7 Å². The summed E-state index contributed by atoms with van der Waals surface area (Å²) in [5, 5.41) is 0. The molecule has 2 rings (SSSR count). The first kappa shape index (κ1) is 21.2. The van der Waals surface area contributed by atoms with Gasteiger partial charge < -0.3 is 4.74 Å². The van der Waals surface area contributed by atoms with E-state index in [-0.39, 0.29) is 11.7 Å². The number of aryl methyl sites for hydroxylation is 2. The van der Waals surface area contributed by atoms with Crippen molar-refractivity contribution in [3.05, 3.63) is 20.8 Å². The molecule has 0 N–H and O–H groups in total. The highest BCUT2D eigenvalue weighted by atomic mass is 16.5. The van der Waals surface area contributed by atoms with Crippen LogP contribution >= 0.6 is 0 Å². The van der Waals surface area contributed by atoms with E-state index in [0.29, 0.717) is 23.8 Å². The molecule has 0 unspecified atom stereocenters. The molecule has 9 heteroatoms. The third kappa shape index (κ3) is 3.79. The van der Waals surface area contributed by atoms with Crippen molar-refractivity contribution in [1.82, 2.24) is 28.5 Å². The minimum atomic E-state index is -0.402. The molecule has 0 radical (unpaired) electrons. The highest BCUT2D eigenvalue weighted by molar-refractivity contribution is 5.71. The lowest BCUT2D eigenvalue weighted by Gasteiger charge is -2.37. The van der Waals surface area contributed by atoms with E-state index in [2.05, 4.69) is 42.5 Å². The Hall–Kier alpha value is -2.13. The van der Waals surface area contributed by atoms with Gasteiger partial charge in [-0.15, -0.1) is 0 Å². The third-order valence-corrected chi connectivity index (χ3v) is 5.26. The summed E-state index contributed by atoms with van der Waals surface area (Å²) in [5.74, 6) is 0. The van der Waals surface area contributed by atoms with Gasteiger partial charge >= 0.3 is 5.69 Å². The zero-order chi connectivity index (χ0) is 20.3. The second-order valence-corrected chi connectivity index (χ2v) is 6.57. The molecule has 2 heterocycles. The number of ether oxygens (including phenoxy) is 1. The molecule has 152 valence electrons. The first-order chi connectivity index (χ1) is 12.8. The first-order valence-corrected chi connectivity index (χ1v) is 9.55. The van der Waals surface area contributed by atoms with Gasteiger partial charge in [-0.25, -0.2) is 4.79 Å². The highest BCUT2D eigenvalue weighted by Gasteiger charge is 2.24. The standard InChI is InChI=1S/C18H32N6O3/c1-8-23(9-2)13(24(10-3)11-4)12-27-17-19-15-14(20(17)5)16(25)22(7)18(26)21(15)6/h13H,8-12H2,1-7H3. The zero-order valence-corrected chi connectivity index (χ0v) is 17.5. The molecule has 0 aliphatic heterocycles. The Bertz CT molecular complexity index is 877. The Labute approximate surface area is 159 Å². The van der Waals surface area contributed by atoms with Crippen molar-refractivity contribution < 1.29 is 4.74 Å². The van der Waals surface area contributed by atoms with Gasteiger partial charge in [0.25, 0.3) is 11.6 Å². The van der Waals surface area contributed by atoms with Gasteiger partial charge in [-0.05, 0) is 26.2 Å². The molecule has 2 aromatic heterocycles. The van der Waals surface area contributed by atoms with E-state index in [1.165, 1.54) is 11.6 Å². The Morgan fingerprint density at radius 2 is 1.41 bits per heavy atom. The molecule has 0 aromatic carbocycles. The molecule has 0 saturated heterocycles. The molecule has 0 saturated carbocycles. The van der Waals surface area contributed by atoms with Crippen molar-refractivity contribution >= 4 is 11.2 Å². The summed E-state index contributed by atoms with van der Waals surface area (Å²) < 4.78 is 10.1. The fourth-order valence-electron chi connectivity index (χ4n) is 3.51. The second-order valence-electron chi connectivity index (χ2n) is 6.57. The minimum absolute atomic E-state index is 0.112. The van der Waals surface area contributed by atoms with Gasteiger partial charge in [-0.2, -0.15) is 4.98 Å². The topological polar surface area (TPSA) is 77.5 Å². The number of imidazole rings is 1. The van der Waals surface area contributed by atoms with Crippen molar-refractivity contribution in [2.75, 3.05) is 32.8 Å². The number of nitrogens with zero attached hydrogens (tertiary/aromatic N) is 6. The normalized spacial score (nSPS) is 12.1. The quantitative estimate of drug-likeness (QED) is 0.585. The summed E-state index contributed by atoms with van der Waals surface area (Å²) in [5.41, 5.74) is -0.0806. The average molecular weight is 380 g/mol. The van der Waals surface area contributed by atoms with Crippen LogP contribution < -0.4 is 16.0 Å². The van der Waals surface area contributed by atoms with E-state index in [1.54, 1.807) is 18.7 Å². The van der Waals surface area contributed by atoms with Gasteiger partial charge in [0.1, 0.15) is 6.61 Å². The fraction of sp³-hybridized carbons (Fsp3) is 0.722. The lowest BCUT2D eigenvalue weighted by molar-refractivity contribution is 0.0174. The van der Waals surface area contributed by atoms with Crippen molar-refractivity contribution in [3.8, 4) is 6.01 Å². The van der Waals surface area contributed by atoms with Crippen LogP contribution in [0.15, 0.2) is 9.59 Å². The van der Waals surface area contributed by atoms with Gasteiger partial charge in [-0.1, -0.05) is 27.7 Å². The smallest absolute Gasteiger partial charge is 0.332 e. The Balaban J connectivity index is 2.41. The van der Waals surface area contributed by atoms with E-state index in [1.807, 2.05) is 0 Å². The molecular formula is C18H32N6O3. The molecule has 9 nitrogen and oxygen atoms in total. The number of hydrogen-bond acceptors (Lipinski definition) is 6. The average Bonchev–Trinajstić information content (AvgIpc) is 3.00. The minimum Gasteiger partial charge on any atom is -0.462 e. The number of aromatic nitrogens is 4. The molecule has 0 amide bonds. The lowest BCUT2D eigenvalue weighted by atomic mass is 10.3. The summed E-state index contributed by atoms with van der Waals surface area (Å²) in [7, 11) is 4.81. The maximum Gasteiger partial charge on any atom is 0.332 e. The predicted octanol–water partition coefficient (Wildman–Crippen LogP) is 0.359. The lowest BCUT2D eigenvalue weighted by Crippen LogP contribution is -2.51. The summed E-state index contributed by atoms with van der Waals surface area (Å²) in [4.78, 5) is 33.7. The van der Waals surface area contributed by atoms with Crippen LogP contribution in [0, 0.1) is 0 Å². The number of likely N-dealkylation sites (N-methyl/N-ethyl adjacent to an activating group) is 2. The van der Waals surface area contributed by atoms with E-state index in [9.17, 15) is 9.59 Å². The molecule has 0 atom stereocenters. The summed E-state index contributed by atoms with van der Waals surface area (Å²) in [6, 6.07) is 0.340. The molecule has 0 bridgehead atoms. The number of fused-ring (bicyclic) bond motifs is 1. The summed E-state index contributed by atoms with van der Waals surface area (Å²) in [6.07, 6.45) is 0.112. The van der Waals surface area contributed by atoms with E-state index in [0.717, 1.165) is 30.7 Å². The highest BCUT2D eigenvalue weighted by Crippen LogP contribution is 2.17. The molecule has 0 fully saturated rings. The van der Waals surface area contributed by atoms with Crippen molar-refractivity contribution in [3.63, 3.8) is 0 Å². The van der Waals surface area contributed by atoms with Gasteiger partial charge in [0.15, 0.2) is 11.2 Å². The van der Waals surface area contributed by atoms with Crippen LogP contribution in [0.2, 0.25) is 0 Å².